The second-order valence-corrected chi connectivity index (χ2v) is 4.36. The van der Waals surface area contributed by atoms with Crippen molar-refractivity contribution < 1.29 is 4.42 Å². The van der Waals surface area contributed by atoms with Crippen LogP contribution >= 0.6 is 0 Å². The molecule has 0 aliphatic heterocycles. The van der Waals surface area contributed by atoms with Crippen molar-refractivity contribution in [2.75, 3.05) is 0 Å². The van der Waals surface area contributed by atoms with Gasteiger partial charge in [-0.05, 0) is 25.1 Å². The molecule has 0 radical (unpaired) electrons. The normalized spacial score (nSPS) is 12.9. The number of furan rings is 1. The standard InChI is InChI=1S/C14H15N3O/c1-10(11-6-7-18-9-11)15-8-14-16-12-4-2-3-5-13(12)17-14/h2-7,9-10,15H,8H2,1H3,(H,16,17). The number of fused-ring (bicyclic) bond motifs is 1. The van der Waals surface area contributed by atoms with Gasteiger partial charge in [-0.25, -0.2) is 4.98 Å². The SMILES string of the molecule is CC(NCc1nc2ccccc2[nH]1)c1ccoc1. The lowest BCUT2D eigenvalue weighted by Gasteiger charge is -2.09. The molecule has 2 aromatic heterocycles. The second kappa shape index (κ2) is 4.66. The van der Waals surface area contributed by atoms with Crippen LogP contribution in [0, 0.1) is 0 Å². The summed E-state index contributed by atoms with van der Waals surface area (Å²) in [5.74, 6) is 0.951. The Balaban J connectivity index is 1.69. The lowest BCUT2D eigenvalue weighted by atomic mass is 10.2. The zero-order chi connectivity index (χ0) is 12.4. The number of aromatic nitrogens is 2. The molecule has 1 unspecified atom stereocenters. The molecule has 2 N–H and O–H groups in total. The molecular formula is C14H15N3O. The Kier molecular flexibility index (Phi) is 2.86. The van der Waals surface area contributed by atoms with E-state index in [1.807, 2.05) is 30.3 Å². The Morgan fingerprint density at radius 3 is 3.00 bits per heavy atom. The van der Waals surface area contributed by atoms with Gasteiger partial charge in [0.1, 0.15) is 5.82 Å². The van der Waals surface area contributed by atoms with E-state index in [1.54, 1.807) is 12.5 Å². The van der Waals surface area contributed by atoms with E-state index in [4.69, 9.17) is 4.42 Å². The summed E-state index contributed by atoms with van der Waals surface area (Å²) in [6, 6.07) is 10.3. The number of aromatic amines is 1. The number of H-pyrrole nitrogens is 1. The van der Waals surface area contributed by atoms with E-state index in [-0.39, 0.29) is 6.04 Å². The van der Waals surface area contributed by atoms with E-state index in [0.29, 0.717) is 6.54 Å². The van der Waals surface area contributed by atoms with E-state index in [9.17, 15) is 0 Å². The third kappa shape index (κ3) is 2.15. The predicted octanol–water partition coefficient (Wildman–Crippen LogP) is 3.01. The van der Waals surface area contributed by atoms with Gasteiger partial charge in [-0.15, -0.1) is 0 Å². The van der Waals surface area contributed by atoms with Crippen LogP contribution in [0.5, 0.6) is 0 Å². The van der Waals surface area contributed by atoms with Crippen molar-refractivity contribution in [2.24, 2.45) is 0 Å². The van der Waals surface area contributed by atoms with Crippen LogP contribution in [-0.2, 0) is 6.54 Å². The maximum absolute atomic E-state index is 5.07. The van der Waals surface area contributed by atoms with E-state index >= 15 is 0 Å². The Labute approximate surface area is 105 Å². The summed E-state index contributed by atoms with van der Waals surface area (Å²) in [7, 11) is 0. The summed E-state index contributed by atoms with van der Waals surface area (Å²) in [6.07, 6.45) is 3.45. The first-order chi connectivity index (χ1) is 8.83. The molecule has 2 heterocycles. The number of hydrogen-bond acceptors (Lipinski definition) is 3. The number of para-hydroxylation sites is 2. The van der Waals surface area contributed by atoms with Crippen LogP contribution in [0.1, 0.15) is 24.4 Å². The van der Waals surface area contributed by atoms with E-state index < -0.39 is 0 Å². The van der Waals surface area contributed by atoms with Crippen LogP contribution in [0.15, 0.2) is 47.3 Å². The molecule has 0 amide bonds. The van der Waals surface area contributed by atoms with Crippen LogP contribution in [0.4, 0.5) is 0 Å². The van der Waals surface area contributed by atoms with Gasteiger partial charge in [0.25, 0.3) is 0 Å². The van der Waals surface area contributed by atoms with Crippen molar-refractivity contribution in [3.05, 3.63) is 54.2 Å². The third-order valence-corrected chi connectivity index (χ3v) is 3.06. The van der Waals surface area contributed by atoms with Crippen molar-refractivity contribution >= 4 is 11.0 Å². The highest BCUT2D eigenvalue weighted by molar-refractivity contribution is 5.74. The topological polar surface area (TPSA) is 53.9 Å². The number of nitrogens with zero attached hydrogens (tertiary/aromatic N) is 1. The summed E-state index contributed by atoms with van der Waals surface area (Å²) >= 11 is 0. The molecule has 0 aliphatic rings. The Bertz CT molecular complexity index is 594. The lowest BCUT2D eigenvalue weighted by Crippen LogP contribution is -2.18. The van der Waals surface area contributed by atoms with Gasteiger partial charge in [0.2, 0.25) is 0 Å². The summed E-state index contributed by atoms with van der Waals surface area (Å²) < 4.78 is 5.07. The van der Waals surface area contributed by atoms with Gasteiger partial charge < -0.3 is 14.7 Å². The van der Waals surface area contributed by atoms with Gasteiger partial charge in [0, 0.05) is 11.6 Å². The quantitative estimate of drug-likeness (QED) is 0.738. The van der Waals surface area contributed by atoms with Gasteiger partial charge >= 0.3 is 0 Å². The first-order valence-electron chi connectivity index (χ1n) is 6.02. The average molecular weight is 241 g/mol. The predicted molar refractivity (Wildman–Crippen MR) is 70.1 cm³/mol. The average Bonchev–Trinajstić information content (AvgIpc) is 3.04. The molecule has 0 saturated heterocycles. The zero-order valence-corrected chi connectivity index (χ0v) is 10.2. The molecular weight excluding hydrogens is 226 g/mol. The van der Waals surface area contributed by atoms with E-state index in [1.165, 1.54) is 0 Å². The molecule has 1 aromatic carbocycles. The maximum atomic E-state index is 5.07. The smallest absolute Gasteiger partial charge is 0.121 e. The van der Waals surface area contributed by atoms with Gasteiger partial charge in [0.15, 0.2) is 0 Å². The monoisotopic (exact) mass is 241 g/mol. The molecule has 0 bridgehead atoms. The van der Waals surface area contributed by atoms with Gasteiger partial charge in [-0.3, -0.25) is 0 Å². The highest BCUT2D eigenvalue weighted by atomic mass is 16.3. The number of nitrogens with one attached hydrogen (secondary N) is 2. The molecule has 4 nitrogen and oxygen atoms in total. The summed E-state index contributed by atoms with van der Waals surface area (Å²) in [6.45, 7) is 2.81. The Morgan fingerprint density at radius 1 is 1.33 bits per heavy atom. The van der Waals surface area contributed by atoms with Crippen LogP contribution in [-0.4, -0.2) is 9.97 Å². The molecule has 0 fully saturated rings. The number of benzene rings is 1. The van der Waals surface area contributed by atoms with E-state index in [0.717, 1.165) is 22.4 Å². The summed E-state index contributed by atoms with van der Waals surface area (Å²) in [4.78, 5) is 7.82. The van der Waals surface area contributed by atoms with E-state index in [2.05, 4.69) is 22.2 Å². The van der Waals surface area contributed by atoms with Gasteiger partial charge in [0.05, 0.1) is 30.1 Å². The maximum Gasteiger partial charge on any atom is 0.121 e. The summed E-state index contributed by atoms with van der Waals surface area (Å²) in [5.41, 5.74) is 3.22. The van der Waals surface area contributed by atoms with Crippen LogP contribution < -0.4 is 5.32 Å². The lowest BCUT2D eigenvalue weighted by molar-refractivity contribution is 0.533. The largest absolute Gasteiger partial charge is 0.472 e. The fourth-order valence-corrected chi connectivity index (χ4v) is 1.98. The molecule has 4 heteroatoms. The molecule has 0 aliphatic carbocycles. The molecule has 0 spiro atoms. The third-order valence-electron chi connectivity index (χ3n) is 3.06. The number of hydrogen-bond donors (Lipinski definition) is 2. The van der Waals surface area contributed by atoms with Crippen molar-refractivity contribution in [3.8, 4) is 0 Å². The van der Waals surface area contributed by atoms with Crippen LogP contribution in [0.2, 0.25) is 0 Å². The minimum absolute atomic E-state index is 0.247. The van der Waals surface area contributed by atoms with Crippen molar-refractivity contribution in [1.82, 2.24) is 15.3 Å². The zero-order valence-electron chi connectivity index (χ0n) is 10.2. The van der Waals surface area contributed by atoms with Crippen molar-refractivity contribution in [1.29, 1.82) is 0 Å². The van der Waals surface area contributed by atoms with Crippen molar-refractivity contribution in [2.45, 2.75) is 19.5 Å². The molecule has 3 rings (SSSR count). The molecule has 92 valence electrons. The minimum atomic E-state index is 0.247. The molecule has 1 atom stereocenters. The minimum Gasteiger partial charge on any atom is -0.472 e. The Morgan fingerprint density at radius 2 is 2.22 bits per heavy atom. The molecule has 0 saturated carbocycles. The van der Waals surface area contributed by atoms with Crippen LogP contribution in [0.25, 0.3) is 11.0 Å². The highest BCUT2D eigenvalue weighted by Crippen LogP contribution is 2.14. The van der Waals surface area contributed by atoms with Crippen LogP contribution in [0.3, 0.4) is 0 Å². The number of rotatable bonds is 4. The molecule has 18 heavy (non-hydrogen) atoms. The fraction of sp³-hybridized carbons (Fsp3) is 0.214. The van der Waals surface area contributed by atoms with Gasteiger partial charge in [-0.1, -0.05) is 12.1 Å². The first kappa shape index (κ1) is 11.0. The molecule has 3 aromatic rings. The highest BCUT2D eigenvalue weighted by Gasteiger charge is 2.07. The Hall–Kier alpha value is -2.07. The first-order valence-corrected chi connectivity index (χ1v) is 6.02. The fourth-order valence-electron chi connectivity index (χ4n) is 1.98. The second-order valence-electron chi connectivity index (χ2n) is 4.36. The van der Waals surface area contributed by atoms with Crippen molar-refractivity contribution in [3.63, 3.8) is 0 Å². The number of imidazole rings is 1. The van der Waals surface area contributed by atoms with Gasteiger partial charge in [-0.2, -0.15) is 0 Å². The summed E-state index contributed by atoms with van der Waals surface area (Å²) in [5, 5.41) is 3.41.